The zero-order valence-corrected chi connectivity index (χ0v) is 9.08. The monoisotopic (exact) mass is 241 g/mol. The van der Waals surface area contributed by atoms with Crippen LogP contribution in [0.4, 0.5) is 0 Å². The number of thioether (sulfide) groups is 1. The summed E-state index contributed by atoms with van der Waals surface area (Å²) in [6, 6.07) is 7.96. The molecule has 0 atom stereocenters. The molecule has 0 heterocycles. The molecular formula is C9H8BrNS. The highest BCUT2D eigenvalue weighted by Gasteiger charge is 1.99. The van der Waals surface area contributed by atoms with Gasteiger partial charge in [-0.15, -0.1) is 11.8 Å². The van der Waals surface area contributed by atoms with Crippen molar-refractivity contribution in [3.8, 4) is 6.07 Å². The highest BCUT2D eigenvalue weighted by atomic mass is 79.9. The van der Waals surface area contributed by atoms with Gasteiger partial charge in [0.15, 0.2) is 0 Å². The second kappa shape index (κ2) is 4.54. The van der Waals surface area contributed by atoms with Crippen molar-refractivity contribution in [3.05, 3.63) is 28.2 Å². The molecule has 0 saturated heterocycles. The van der Waals surface area contributed by atoms with Gasteiger partial charge in [0.25, 0.3) is 0 Å². The second-order valence-corrected chi connectivity index (χ2v) is 4.38. The SMILES string of the molecule is CCSc1ccc(Br)c(C#N)c1. The summed E-state index contributed by atoms with van der Waals surface area (Å²) in [6.45, 7) is 2.10. The van der Waals surface area contributed by atoms with Crippen molar-refractivity contribution in [2.24, 2.45) is 0 Å². The largest absolute Gasteiger partial charge is 0.192 e. The molecule has 1 rings (SSSR count). The van der Waals surface area contributed by atoms with Crippen molar-refractivity contribution in [1.29, 1.82) is 5.26 Å². The smallest absolute Gasteiger partial charge is 0.100 e. The van der Waals surface area contributed by atoms with E-state index in [1.54, 1.807) is 11.8 Å². The molecule has 1 nitrogen and oxygen atoms in total. The molecule has 0 fully saturated rings. The van der Waals surface area contributed by atoms with Crippen LogP contribution in [-0.4, -0.2) is 5.75 Å². The molecule has 1 aromatic rings. The molecule has 0 aliphatic rings. The van der Waals surface area contributed by atoms with E-state index >= 15 is 0 Å². The van der Waals surface area contributed by atoms with E-state index in [2.05, 4.69) is 28.9 Å². The van der Waals surface area contributed by atoms with Crippen molar-refractivity contribution in [2.45, 2.75) is 11.8 Å². The fourth-order valence-electron chi connectivity index (χ4n) is 0.847. The van der Waals surface area contributed by atoms with E-state index in [0.29, 0.717) is 5.56 Å². The molecule has 0 aliphatic carbocycles. The van der Waals surface area contributed by atoms with E-state index < -0.39 is 0 Å². The Labute approximate surface area is 84.9 Å². The molecule has 0 N–H and O–H groups in total. The van der Waals surface area contributed by atoms with Gasteiger partial charge in [0.1, 0.15) is 6.07 Å². The van der Waals surface area contributed by atoms with Crippen LogP contribution in [0, 0.1) is 11.3 Å². The molecule has 0 saturated carbocycles. The van der Waals surface area contributed by atoms with Crippen molar-refractivity contribution in [2.75, 3.05) is 5.75 Å². The van der Waals surface area contributed by atoms with Gasteiger partial charge in [0.2, 0.25) is 0 Å². The molecule has 0 unspecified atom stereocenters. The summed E-state index contributed by atoms with van der Waals surface area (Å²) in [5.41, 5.74) is 0.702. The van der Waals surface area contributed by atoms with Gasteiger partial charge in [-0.05, 0) is 39.9 Å². The van der Waals surface area contributed by atoms with Gasteiger partial charge >= 0.3 is 0 Å². The number of benzene rings is 1. The molecule has 12 heavy (non-hydrogen) atoms. The Morgan fingerprint density at radius 1 is 1.58 bits per heavy atom. The Kier molecular flexibility index (Phi) is 3.64. The summed E-state index contributed by atoms with van der Waals surface area (Å²) >= 11 is 5.05. The summed E-state index contributed by atoms with van der Waals surface area (Å²) in [6.07, 6.45) is 0. The van der Waals surface area contributed by atoms with Crippen molar-refractivity contribution in [3.63, 3.8) is 0 Å². The van der Waals surface area contributed by atoms with E-state index in [0.717, 1.165) is 15.1 Å². The van der Waals surface area contributed by atoms with Crippen LogP contribution in [0.1, 0.15) is 12.5 Å². The van der Waals surface area contributed by atoms with E-state index in [4.69, 9.17) is 5.26 Å². The van der Waals surface area contributed by atoms with E-state index in [1.165, 1.54) is 0 Å². The number of rotatable bonds is 2. The number of nitrogens with zero attached hydrogens (tertiary/aromatic N) is 1. The van der Waals surface area contributed by atoms with Crippen LogP contribution < -0.4 is 0 Å². The Balaban J connectivity index is 2.99. The van der Waals surface area contributed by atoms with Crippen LogP contribution in [-0.2, 0) is 0 Å². The van der Waals surface area contributed by atoms with Crippen LogP contribution in [0.15, 0.2) is 27.6 Å². The van der Waals surface area contributed by atoms with Crippen molar-refractivity contribution in [1.82, 2.24) is 0 Å². The number of hydrogen-bond donors (Lipinski definition) is 0. The third-order valence-corrected chi connectivity index (χ3v) is 2.94. The normalized spacial score (nSPS) is 9.42. The lowest BCUT2D eigenvalue weighted by atomic mass is 10.2. The Morgan fingerprint density at radius 2 is 2.33 bits per heavy atom. The van der Waals surface area contributed by atoms with Gasteiger partial charge in [0.05, 0.1) is 5.56 Å². The average molecular weight is 242 g/mol. The van der Waals surface area contributed by atoms with Gasteiger partial charge in [-0.25, -0.2) is 0 Å². The first-order valence-electron chi connectivity index (χ1n) is 3.60. The van der Waals surface area contributed by atoms with E-state index in [-0.39, 0.29) is 0 Å². The first-order chi connectivity index (χ1) is 5.77. The summed E-state index contributed by atoms with van der Waals surface area (Å²) in [5.74, 6) is 1.03. The maximum atomic E-state index is 8.72. The third kappa shape index (κ3) is 2.26. The summed E-state index contributed by atoms with van der Waals surface area (Å²) < 4.78 is 0.866. The van der Waals surface area contributed by atoms with Crippen LogP contribution in [0.2, 0.25) is 0 Å². The predicted molar refractivity (Wildman–Crippen MR) is 55.3 cm³/mol. The number of halogens is 1. The zero-order valence-electron chi connectivity index (χ0n) is 6.67. The molecule has 0 aliphatic heterocycles. The Hall–Kier alpha value is -0.460. The Morgan fingerprint density at radius 3 is 2.92 bits per heavy atom. The second-order valence-electron chi connectivity index (χ2n) is 2.19. The summed E-state index contributed by atoms with van der Waals surface area (Å²) in [4.78, 5) is 1.15. The highest BCUT2D eigenvalue weighted by molar-refractivity contribution is 9.10. The maximum absolute atomic E-state index is 8.72. The molecule has 0 bridgehead atoms. The predicted octanol–water partition coefficient (Wildman–Crippen LogP) is 3.43. The van der Waals surface area contributed by atoms with Gasteiger partial charge in [-0.1, -0.05) is 6.92 Å². The van der Waals surface area contributed by atoms with Crippen molar-refractivity contribution < 1.29 is 0 Å². The zero-order chi connectivity index (χ0) is 8.97. The molecule has 62 valence electrons. The van der Waals surface area contributed by atoms with Crippen LogP contribution in [0.5, 0.6) is 0 Å². The van der Waals surface area contributed by atoms with Crippen LogP contribution in [0.25, 0.3) is 0 Å². The van der Waals surface area contributed by atoms with Gasteiger partial charge in [-0.3, -0.25) is 0 Å². The lowest BCUT2D eigenvalue weighted by Gasteiger charge is -1.99. The third-order valence-electron chi connectivity index (χ3n) is 1.37. The Bertz CT molecular complexity index is 317. The standard InChI is InChI=1S/C9H8BrNS/c1-2-12-8-3-4-9(10)7(5-8)6-11/h3-5H,2H2,1H3. The molecule has 0 aromatic heterocycles. The first kappa shape index (κ1) is 9.63. The first-order valence-corrected chi connectivity index (χ1v) is 5.38. The summed E-state index contributed by atoms with van der Waals surface area (Å²) in [5, 5.41) is 8.72. The van der Waals surface area contributed by atoms with E-state index in [9.17, 15) is 0 Å². The quantitative estimate of drug-likeness (QED) is 0.742. The molecule has 0 spiro atoms. The molecule has 0 radical (unpaired) electrons. The number of hydrogen-bond acceptors (Lipinski definition) is 2. The lowest BCUT2D eigenvalue weighted by molar-refractivity contribution is 1.37. The summed E-state index contributed by atoms with van der Waals surface area (Å²) in [7, 11) is 0. The van der Waals surface area contributed by atoms with Gasteiger partial charge in [-0.2, -0.15) is 5.26 Å². The van der Waals surface area contributed by atoms with Gasteiger partial charge in [0, 0.05) is 9.37 Å². The topological polar surface area (TPSA) is 23.8 Å². The fourth-order valence-corrected chi connectivity index (χ4v) is 1.88. The minimum atomic E-state index is 0.702. The molecule has 3 heteroatoms. The average Bonchev–Trinajstić information content (AvgIpc) is 2.09. The van der Waals surface area contributed by atoms with Crippen LogP contribution in [0.3, 0.4) is 0 Å². The fraction of sp³-hybridized carbons (Fsp3) is 0.222. The molecule has 0 amide bonds. The maximum Gasteiger partial charge on any atom is 0.100 e. The lowest BCUT2D eigenvalue weighted by Crippen LogP contribution is -1.79. The molecular weight excluding hydrogens is 234 g/mol. The highest BCUT2D eigenvalue weighted by Crippen LogP contribution is 2.23. The minimum absolute atomic E-state index is 0.702. The van der Waals surface area contributed by atoms with Crippen LogP contribution >= 0.6 is 27.7 Å². The molecule has 1 aromatic carbocycles. The minimum Gasteiger partial charge on any atom is -0.192 e. The number of nitriles is 1. The van der Waals surface area contributed by atoms with E-state index in [1.807, 2.05) is 18.2 Å². The van der Waals surface area contributed by atoms with Crippen molar-refractivity contribution >= 4 is 27.7 Å². The van der Waals surface area contributed by atoms with Gasteiger partial charge < -0.3 is 0 Å².